The summed E-state index contributed by atoms with van der Waals surface area (Å²) >= 11 is 0. The normalized spacial score (nSPS) is 11.3. The first-order valence-electron chi connectivity index (χ1n) is 9.27. The second kappa shape index (κ2) is 9.54. The molecule has 2 aromatic heterocycles. The molecule has 0 spiro atoms. The van der Waals surface area contributed by atoms with E-state index in [0.29, 0.717) is 24.9 Å². The lowest BCUT2D eigenvalue weighted by atomic mass is 10.2. The third-order valence-electron chi connectivity index (χ3n) is 4.24. The number of nitrogens with zero attached hydrogens (tertiary/aromatic N) is 4. The molecule has 0 unspecified atom stereocenters. The fourth-order valence-corrected chi connectivity index (χ4v) is 2.68. The van der Waals surface area contributed by atoms with Crippen molar-refractivity contribution < 1.29 is 9.21 Å². The Bertz CT molecular complexity index is 957. The van der Waals surface area contributed by atoms with Crippen LogP contribution in [0.2, 0.25) is 0 Å². The Morgan fingerprint density at radius 3 is 2.72 bits per heavy atom. The Kier molecular flexibility index (Phi) is 6.62. The lowest BCUT2D eigenvalue weighted by Crippen LogP contribution is -2.36. The molecule has 0 saturated heterocycles. The Labute approximate surface area is 169 Å². The van der Waals surface area contributed by atoms with Crippen LogP contribution in [0.4, 0.5) is 5.69 Å². The third kappa shape index (κ3) is 5.93. The van der Waals surface area contributed by atoms with E-state index < -0.39 is 0 Å². The SMILES string of the molecule is CN=C(NCc1cccc(NC(=O)Cn2cccn2)c1)NCc1nc(C)c(C)o1. The van der Waals surface area contributed by atoms with Gasteiger partial charge in [-0.25, -0.2) is 4.98 Å². The lowest BCUT2D eigenvalue weighted by Gasteiger charge is -2.12. The highest BCUT2D eigenvalue weighted by molar-refractivity contribution is 5.90. The lowest BCUT2D eigenvalue weighted by molar-refractivity contribution is -0.116. The van der Waals surface area contributed by atoms with E-state index in [9.17, 15) is 4.79 Å². The van der Waals surface area contributed by atoms with E-state index in [4.69, 9.17) is 4.42 Å². The van der Waals surface area contributed by atoms with E-state index >= 15 is 0 Å². The van der Waals surface area contributed by atoms with Gasteiger partial charge in [0.1, 0.15) is 12.3 Å². The van der Waals surface area contributed by atoms with Crippen LogP contribution in [-0.4, -0.2) is 33.7 Å². The van der Waals surface area contributed by atoms with Crippen molar-refractivity contribution in [1.29, 1.82) is 0 Å². The molecular formula is C20H25N7O2. The minimum absolute atomic E-state index is 0.132. The van der Waals surface area contributed by atoms with Crippen molar-refractivity contribution >= 4 is 17.6 Å². The molecule has 9 heteroatoms. The molecule has 0 radical (unpaired) electrons. The summed E-state index contributed by atoms with van der Waals surface area (Å²) in [4.78, 5) is 20.7. The Balaban J connectivity index is 1.50. The van der Waals surface area contributed by atoms with Crippen molar-refractivity contribution in [2.75, 3.05) is 12.4 Å². The maximum atomic E-state index is 12.1. The second-order valence-corrected chi connectivity index (χ2v) is 6.48. The number of oxazole rings is 1. The molecule has 0 atom stereocenters. The molecule has 0 aliphatic carbocycles. The maximum Gasteiger partial charge on any atom is 0.246 e. The van der Waals surface area contributed by atoms with Gasteiger partial charge >= 0.3 is 0 Å². The second-order valence-electron chi connectivity index (χ2n) is 6.48. The van der Waals surface area contributed by atoms with Gasteiger partial charge in [-0.3, -0.25) is 14.5 Å². The molecule has 0 bridgehead atoms. The Hall–Kier alpha value is -3.62. The quantitative estimate of drug-likeness (QED) is 0.417. The number of carbonyl (C=O) groups is 1. The van der Waals surface area contributed by atoms with Crippen LogP contribution in [0.5, 0.6) is 0 Å². The molecular weight excluding hydrogens is 370 g/mol. The number of aromatic nitrogens is 3. The molecule has 2 heterocycles. The zero-order valence-electron chi connectivity index (χ0n) is 16.8. The number of hydrogen-bond donors (Lipinski definition) is 3. The predicted molar refractivity (Wildman–Crippen MR) is 110 cm³/mol. The van der Waals surface area contributed by atoms with E-state index in [2.05, 4.69) is 31.0 Å². The summed E-state index contributed by atoms with van der Waals surface area (Å²) in [5.41, 5.74) is 2.62. The molecule has 29 heavy (non-hydrogen) atoms. The molecule has 0 aliphatic rings. The molecule has 0 saturated carbocycles. The number of aliphatic imine (C=N–C) groups is 1. The van der Waals surface area contributed by atoms with Crippen LogP contribution in [0.15, 0.2) is 52.1 Å². The van der Waals surface area contributed by atoms with Crippen molar-refractivity contribution in [3.63, 3.8) is 0 Å². The van der Waals surface area contributed by atoms with Gasteiger partial charge in [-0.05, 0) is 37.6 Å². The first-order chi connectivity index (χ1) is 14.0. The fraction of sp³-hybridized carbons (Fsp3) is 0.300. The minimum atomic E-state index is -0.132. The Morgan fingerprint density at radius 2 is 2.03 bits per heavy atom. The number of amides is 1. The van der Waals surface area contributed by atoms with Crippen LogP contribution in [0.1, 0.15) is 22.9 Å². The topological polar surface area (TPSA) is 109 Å². The number of guanidine groups is 1. The maximum absolute atomic E-state index is 12.1. The summed E-state index contributed by atoms with van der Waals surface area (Å²) in [5.74, 6) is 1.93. The molecule has 152 valence electrons. The first kappa shape index (κ1) is 20.1. The summed E-state index contributed by atoms with van der Waals surface area (Å²) in [7, 11) is 1.70. The standard InChI is InChI=1S/C20H25N7O2/c1-14-15(2)29-19(25-14)12-23-20(21-3)22-11-16-6-4-7-17(10-16)26-18(28)13-27-9-5-8-24-27/h4-10H,11-13H2,1-3H3,(H,26,28)(H2,21,22,23). The number of carbonyl (C=O) groups excluding carboxylic acids is 1. The van der Waals surface area contributed by atoms with E-state index in [-0.39, 0.29) is 12.5 Å². The summed E-state index contributed by atoms with van der Waals surface area (Å²) in [6.07, 6.45) is 3.39. The zero-order valence-corrected chi connectivity index (χ0v) is 16.8. The number of rotatable bonds is 7. The van der Waals surface area contributed by atoms with Crippen LogP contribution in [-0.2, 0) is 24.4 Å². The van der Waals surface area contributed by atoms with Crippen LogP contribution >= 0.6 is 0 Å². The average Bonchev–Trinajstić information content (AvgIpc) is 3.31. The highest BCUT2D eigenvalue weighted by Crippen LogP contribution is 2.11. The van der Waals surface area contributed by atoms with Gasteiger partial charge in [-0.2, -0.15) is 5.10 Å². The molecule has 9 nitrogen and oxygen atoms in total. The van der Waals surface area contributed by atoms with Gasteiger partial charge in [0.05, 0.1) is 12.2 Å². The van der Waals surface area contributed by atoms with Gasteiger partial charge in [0.25, 0.3) is 0 Å². The third-order valence-corrected chi connectivity index (χ3v) is 4.24. The highest BCUT2D eigenvalue weighted by atomic mass is 16.4. The fourth-order valence-electron chi connectivity index (χ4n) is 2.68. The number of anilines is 1. The predicted octanol–water partition coefficient (Wildman–Crippen LogP) is 1.99. The van der Waals surface area contributed by atoms with Gasteiger partial charge in [0, 0.05) is 31.7 Å². The smallest absolute Gasteiger partial charge is 0.246 e. The van der Waals surface area contributed by atoms with Crippen molar-refractivity contribution in [2.45, 2.75) is 33.5 Å². The van der Waals surface area contributed by atoms with Gasteiger partial charge in [-0.1, -0.05) is 12.1 Å². The number of benzene rings is 1. The van der Waals surface area contributed by atoms with Crippen molar-refractivity contribution in [3.05, 3.63) is 65.6 Å². The molecule has 0 fully saturated rings. The molecule has 0 aliphatic heterocycles. The van der Waals surface area contributed by atoms with Gasteiger partial charge in [0.15, 0.2) is 5.96 Å². The van der Waals surface area contributed by atoms with E-state index in [1.54, 1.807) is 30.2 Å². The van der Waals surface area contributed by atoms with Crippen molar-refractivity contribution in [3.8, 4) is 0 Å². The van der Waals surface area contributed by atoms with Crippen molar-refractivity contribution in [2.24, 2.45) is 4.99 Å². The average molecular weight is 395 g/mol. The van der Waals surface area contributed by atoms with Crippen LogP contribution in [0.3, 0.4) is 0 Å². The number of nitrogens with one attached hydrogen (secondary N) is 3. The van der Waals surface area contributed by atoms with Crippen LogP contribution < -0.4 is 16.0 Å². The molecule has 1 aromatic carbocycles. The van der Waals surface area contributed by atoms with Crippen molar-refractivity contribution in [1.82, 2.24) is 25.4 Å². The number of aryl methyl sites for hydroxylation is 2. The van der Waals surface area contributed by atoms with Gasteiger partial charge in [0.2, 0.25) is 11.8 Å². The first-order valence-corrected chi connectivity index (χ1v) is 9.27. The highest BCUT2D eigenvalue weighted by Gasteiger charge is 2.07. The monoisotopic (exact) mass is 395 g/mol. The zero-order chi connectivity index (χ0) is 20.6. The van der Waals surface area contributed by atoms with E-state index in [0.717, 1.165) is 22.7 Å². The Morgan fingerprint density at radius 1 is 1.21 bits per heavy atom. The summed E-state index contributed by atoms with van der Waals surface area (Å²) < 4.78 is 7.14. The molecule has 3 rings (SSSR count). The summed E-state index contributed by atoms with van der Waals surface area (Å²) in [6, 6.07) is 9.43. The summed E-state index contributed by atoms with van der Waals surface area (Å²) in [5, 5.41) is 13.3. The van der Waals surface area contributed by atoms with Crippen LogP contribution in [0, 0.1) is 13.8 Å². The van der Waals surface area contributed by atoms with Gasteiger partial charge in [-0.15, -0.1) is 0 Å². The van der Waals surface area contributed by atoms with E-state index in [1.165, 1.54) is 0 Å². The minimum Gasteiger partial charge on any atom is -0.444 e. The summed E-state index contributed by atoms with van der Waals surface area (Å²) in [6.45, 7) is 4.96. The largest absolute Gasteiger partial charge is 0.444 e. The van der Waals surface area contributed by atoms with Crippen LogP contribution in [0.25, 0.3) is 0 Å². The molecule has 3 aromatic rings. The molecule has 3 N–H and O–H groups in total. The van der Waals surface area contributed by atoms with E-state index in [1.807, 2.05) is 38.1 Å². The van der Waals surface area contributed by atoms with Gasteiger partial charge < -0.3 is 20.4 Å². The molecule has 1 amide bonds. The number of hydrogen-bond acceptors (Lipinski definition) is 5.